The van der Waals surface area contributed by atoms with Gasteiger partial charge in [0.15, 0.2) is 5.65 Å². The van der Waals surface area contributed by atoms with Crippen molar-refractivity contribution in [1.82, 2.24) is 19.7 Å². The molecular formula is C14H12ClF2N5O2. The van der Waals surface area contributed by atoms with E-state index in [9.17, 15) is 13.6 Å². The molecule has 0 amide bonds. The number of nitrogens with zero attached hydrogens (tertiary/aromatic N) is 3. The number of aryl methyl sites for hydroxylation is 1. The van der Waals surface area contributed by atoms with Gasteiger partial charge in [0.05, 0.1) is 6.20 Å². The summed E-state index contributed by atoms with van der Waals surface area (Å²) in [5, 5.41) is 7.55. The monoisotopic (exact) mass is 355 g/mol. The second-order valence-corrected chi connectivity index (χ2v) is 5.34. The third-order valence-electron chi connectivity index (χ3n) is 3.29. The second-order valence-electron chi connectivity index (χ2n) is 4.90. The normalized spacial score (nSPS) is 11.2. The largest absolute Gasteiger partial charge is 0.434 e. The summed E-state index contributed by atoms with van der Waals surface area (Å²) in [5.74, 6) is 0.171. The molecule has 10 heteroatoms. The van der Waals surface area contributed by atoms with Crippen LogP contribution in [0.1, 0.15) is 5.56 Å². The first-order valence-electron chi connectivity index (χ1n) is 6.83. The Morgan fingerprint density at radius 3 is 3.00 bits per heavy atom. The molecule has 0 fully saturated rings. The summed E-state index contributed by atoms with van der Waals surface area (Å²) in [6.45, 7) is -2.87. The molecule has 2 N–H and O–H groups in total. The summed E-state index contributed by atoms with van der Waals surface area (Å²) in [6, 6.07) is 4.30. The Balaban J connectivity index is 1.87. The number of aromatic amines is 1. The number of aromatic nitrogens is 4. The molecule has 0 aliphatic carbocycles. The van der Waals surface area contributed by atoms with Crippen molar-refractivity contribution in [2.45, 2.75) is 13.2 Å². The first kappa shape index (κ1) is 16.2. The first-order chi connectivity index (χ1) is 11.4. The summed E-state index contributed by atoms with van der Waals surface area (Å²) in [5.41, 5.74) is 0.442. The van der Waals surface area contributed by atoms with Crippen molar-refractivity contribution in [3.63, 3.8) is 0 Å². The van der Waals surface area contributed by atoms with Crippen molar-refractivity contribution in [3.8, 4) is 5.75 Å². The standard InChI is InChI=1S/C14H12ClF2N5O2/c1-22-11-9(6-19-22)12(23)21-14(20-11)18-5-7-4-8(15)2-3-10(7)24-13(16)17/h2-4,6,13H,5H2,1H3,(H2,18,20,21,23). The van der Waals surface area contributed by atoms with Crippen LogP contribution in [0.5, 0.6) is 5.75 Å². The van der Waals surface area contributed by atoms with Gasteiger partial charge in [-0.25, -0.2) is 0 Å². The molecule has 2 heterocycles. The van der Waals surface area contributed by atoms with Gasteiger partial charge in [-0.05, 0) is 18.2 Å². The second kappa shape index (κ2) is 6.44. The molecular weight excluding hydrogens is 344 g/mol. The number of fused-ring (bicyclic) bond motifs is 1. The molecule has 2 aromatic heterocycles. The van der Waals surface area contributed by atoms with Crippen LogP contribution in [0.15, 0.2) is 29.2 Å². The Morgan fingerprint density at radius 1 is 1.46 bits per heavy atom. The first-order valence-corrected chi connectivity index (χ1v) is 7.21. The van der Waals surface area contributed by atoms with E-state index in [0.717, 1.165) is 0 Å². The van der Waals surface area contributed by atoms with E-state index in [-0.39, 0.29) is 23.8 Å². The van der Waals surface area contributed by atoms with Gasteiger partial charge in [-0.1, -0.05) is 11.6 Å². The summed E-state index contributed by atoms with van der Waals surface area (Å²) in [4.78, 5) is 18.7. The highest BCUT2D eigenvalue weighted by Crippen LogP contribution is 2.25. The van der Waals surface area contributed by atoms with E-state index in [1.165, 1.54) is 29.1 Å². The predicted octanol–water partition coefficient (Wildman–Crippen LogP) is 2.52. The fraction of sp³-hybridized carbons (Fsp3) is 0.214. The Morgan fingerprint density at radius 2 is 2.25 bits per heavy atom. The van der Waals surface area contributed by atoms with Gasteiger partial charge < -0.3 is 10.1 Å². The van der Waals surface area contributed by atoms with Gasteiger partial charge in [0.2, 0.25) is 5.95 Å². The van der Waals surface area contributed by atoms with E-state index < -0.39 is 6.61 Å². The van der Waals surface area contributed by atoms with Crippen LogP contribution < -0.4 is 15.6 Å². The highest BCUT2D eigenvalue weighted by atomic mass is 35.5. The average Bonchev–Trinajstić information content (AvgIpc) is 2.89. The van der Waals surface area contributed by atoms with E-state index in [1.54, 1.807) is 7.05 Å². The lowest BCUT2D eigenvalue weighted by atomic mass is 10.2. The van der Waals surface area contributed by atoms with E-state index in [4.69, 9.17) is 11.6 Å². The maximum Gasteiger partial charge on any atom is 0.387 e. The smallest absolute Gasteiger partial charge is 0.387 e. The Labute approximate surface area is 139 Å². The number of alkyl halides is 2. The third-order valence-corrected chi connectivity index (χ3v) is 3.52. The Bertz CT molecular complexity index is 941. The zero-order valence-electron chi connectivity index (χ0n) is 12.4. The number of ether oxygens (including phenoxy) is 1. The van der Waals surface area contributed by atoms with Crippen LogP contribution in [-0.4, -0.2) is 26.4 Å². The minimum absolute atomic E-state index is 0.00846. The molecule has 0 radical (unpaired) electrons. The number of nitrogens with one attached hydrogen (secondary N) is 2. The average molecular weight is 356 g/mol. The number of benzene rings is 1. The van der Waals surface area contributed by atoms with Crippen LogP contribution in [0, 0.1) is 0 Å². The topological polar surface area (TPSA) is 84.8 Å². The number of rotatable bonds is 5. The molecule has 0 saturated heterocycles. The van der Waals surface area contributed by atoms with Crippen molar-refractivity contribution in [2.75, 3.05) is 5.32 Å². The Hall–Kier alpha value is -2.68. The van der Waals surface area contributed by atoms with Crippen molar-refractivity contribution in [3.05, 3.63) is 45.3 Å². The molecule has 7 nitrogen and oxygen atoms in total. The van der Waals surface area contributed by atoms with Crippen molar-refractivity contribution >= 4 is 28.6 Å². The highest BCUT2D eigenvalue weighted by molar-refractivity contribution is 6.30. The lowest BCUT2D eigenvalue weighted by Crippen LogP contribution is -2.14. The molecule has 0 saturated carbocycles. The van der Waals surface area contributed by atoms with E-state index in [0.29, 0.717) is 21.6 Å². The van der Waals surface area contributed by atoms with E-state index >= 15 is 0 Å². The molecule has 1 aromatic carbocycles. The van der Waals surface area contributed by atoms with Gasteiger partial charge >= 0.3 is 6.61 Å². The number of anilines is 1. The minimum Gasteiger partial charge on any atom is -0.434 e. The van der Waals surface area contributed by atoms with Crippen LogP contribution >= 0.6 is 11.6 Å². The van der Waals surface area contributed by atoms with Gasteiger partial charge in [-0.2, -0.15) is 18.9 Å². The maximum absolute atomic E-state index is 12.5. The number of halogens is 3. The minimum atomic E-state index is -2.95. The fourth-order valence-electron chi connectivity index (χ4n) is 2.19. The van der Waals surface area contributed by atoms with Crippen LogP contribution in [0.25, 0.3) is 11.0 Å². The molecule has 0 unspecified atom stereocenters. The maximum atomic E-state index is 12.5. The fourth-order valence-corrected chi connectivity index (χ4v) is 2.39. The predicted molar refractivity (Wildman–Crippen MR) is 84.5 cm³/mol. The molecule has 0 aliphatic rings. The summed E-state index contributed by atoms with van der Waals surface area (Å²) in [6.07, 6.45) is 1.41. The van der Waals surface area contributed by atoms with Crippen LogP contribution in [0.3, 0.4) is 0 Å². The molecule has 0 atom stereocenters. The molecule has 3 aromatic rings. The summed E-state index contributed by atoms with van der Waals surface area (Å²) < 4.78 is 30.8. The van der Waals surface area contributed by atoms with Crippen molar-refractivity contribution < 1.29 is 13.5 Å². The van der Waals surface area contributed by atoms with Gasteiger partial charge in [0, 0.05) is 24.2 Å². The number of hydrogen-bond acceptors (Lipinski definition) is 5. The quantitative estimate of drug-likeness (QED) is 0.734. The van der Waals surface area contributed by atoms with Crippen molar-refractivity contribution in [1.29, 1.82) is 0 Å². The zero-order valence-corrected chi connectivity index (χ0v) is 13.1. The SMILES string of the molecule is Cn1ncc2c(=O)[nH]c(NCc3cc(Cl)ccc3OC(F)F)nc21. The van der Waals surface area contributed by atoms with E-state index in [1.807, 2.05) is 0 Å². The van der Waals surface area contributed by atoms with Gasteiger partial charge in [-0.15, -0.1) is 0 Å². The molecule has 0 aliphatic heterocycles. The van der Waals surface area contributed by atoms with Gasteiger partial charge in [0.1, 0.15) is 11.1 Å². The van der Waals surface area contributed by atoms with Crippen LogP contribution in [-0.2, 0) is 13.6 Å². The summed E-state index contributed by atoms with van der Waals surface area (Å²) in [7, 11) is 1.66. The van der Waals surface area contributed by atoms with E-state index in [2.05, 4.69) is 25.1 Å². The highest BCUT2D eigenvalue weighted by Gasteiger charge is 2.12. The summed E-state index contributed by atoms with van der Waals surface area (Å²) >= 11 is 5.89. The number of hydrogen-bond donors (Lipinski definition) is 2. The lowest BCUT2D eigenvalue weighted by Gasteiger charge is -2.12. The van der Waals surface area contributed by atoms with Gasteiger partial charge in [0.25, 0.3) is 5.56 Å². The van der Waals surface area contributed by atoms with Crippen LogP contribution in [0.2, 0.25) is 5.02 Å². The number of H-pyrrole nitrogens is 1. The van der Waals surface area contributed by atoms with Gasteiger partial charge in [-0.3, -0.25) is 14.5 Å². The Kier molecular flexibility index (Phi) is 4.34. The molecule has 3 rings (SSSR count). The molecule has 0 spiro atoms. The lowest BCUT2D eigenvalue weighted by molar-refractivity contribution is -0.0504. The molecule has 24 heavy (non-hydrogen) atoms. The zero-order chi connectivity index (χ0) is 17.3. The van der Waals surface area contributed by atoms with Crippen molar-refractivity contribution in [2.24, 2.45) is 7.05 Å². The third kappa shape index (κ3) is 3.30. The molecule has 126 valence electrons. The molecule has 0 bridgehead atoms. The van der Waals surface area contributed by atoms with Crippen LogP contribution in [0.4, 0.5) is 14.7 Å².